The number of benzene rings is 1. The van der Waals surface area contributed by atoms with E-state index in [0.29, 0.717) is 0 Å². The average Bonchev–Trinajstić information content (AvgIpc) is 3.05. The predicted molar refractivity (Wildman–Crippen MR) is 79.6 cm³/mol. The highest BCUT2D eigenvalue weighted by Crippen LogP contribution is 2.27. The molecule has 0 spiro atoms. The van der Waals surface area contributed by atoms with Crippen molar-refractivity contribution in [3.8, 4) is 0 Å². The Morgan fingerprint density at radius 3 is 2.89 bits per heavy atom. The minimum Gasteiger partial charge on any atom is -0.339 e. The van der Waals surface area contributed by atoms with E-state index in [4.69, 9.17) is 4.98 Å². The van der Waals surface area contributed by atoms with Gasteiger partial charge in [0.05, 0.1) is 5.69 Å². The quantitative estimate of drug-likeness (QED) is 0.659. The van der Waals surface area contributed by atoms with Gasteiger partial charge in [0.1, 0.15) is 5.65 Å². The van der Waals surface area contributed by atoms with Crippen molar-refractivity contribution in [1.29, 1.82) is 0 Å². The maximum absolute atomic E-state index is 4.73. The summed E-state index contributed by atoms with van der Waals surface area (Å²) >= 11 is 0. The van der Waals surface area contributed by atoms with Gasteiger partial charge in [-0.3, -0.25) is 0 Å². The molecule has 4 rings (SSSR count). The van der Waals surface area contributed by atoms with Crippen molar-refractivity contribution in [2.24, 2.45) is 0 Å². The van der Waals surface area contributed by atoms with Crippen LogP contribution in [0.1, 0.15) is 15.0 Å². The van der Waals surface area contributed by atoms with Gasteiger partial charge in [-0.15, -0.1) is 0 Å². The van der Waals surface area contributed by atoms with Crippen LogP contribution in [0.25, 0.3) is 27.5 Å². The minimum absolute atomic E-state index is 0. The Morgan fingerprint density at radius 2 is 2.00 bits per heavy atom. The van der Waals surface area contributed by atoms with Crippen LogP contribution in [0.15, 0.2) is 54.6 Å². The highest BCUT2D eigenvalue weighted by atomic mass is 14.9. The normalized spacial score (nSPS) is 14.6. The van der Waals surface area contributed by atoms with Gasteiger partial charge in [0.25, 0.3) is 0 Å². The number of rotatable bonds is 1. The largest absolute Gasteiger partial charge is 0.339 e. The summed E-state index contributed by atoms with van der Waals surface area (Å²) in [6, 6.07) is 12.6. The van der Waals surface area contributed by atoms with E-state index >= 15 is 0 Å². The van der Waals surface area contributed by atoms with Crippen molar-refractivity contribution < 1.29 is 2.85 Å². The van der Waals surface area contributed by atoms with Crippen molar-refractivity contribution in [1.82, 2.24) is 9.97 Å². The molecule has 0 aliphatic heterocycles. The SMILES string of the molecule is C1=CCC(c2ccc3c(n2)[nH]c2ccccc23)=C1.[HH].[HH]. The van der Waals surface area contributed by atoms with E-state index in [1.807, 2.05) is 6.07 Å². The topological polar surface area (TPSA) is 28.7 Å². The Labute approximate surface area is 108 Å². The summed E-state index contributed by atoms with van der Waals surface area (Å²) in [6.45, 7) is 0. The molecule has 2 heterocycles. The first-order valence-corrected chi connectivity index (χ1v) is 6.15. The van der Waals surface area contributed by atoms with Gasteiger partial charge in [-0.25, -0.2) is 4.98 Å². The van der Waals surface area contributed by atoms with Crippen molar-refractivity contribution in [3.63, 3.8) is 0 Å². The van der Waals surface area contributed by atoms with E-state index in [2.05, 4.69) is 53.5 Å². The highest BCUT2D eigenvalue weighted by molar-refractivity contribution is 6.06. The van der Waals surface area contributed by atoms with E-state index < -0.39 is 0 Å². The molecule has 1 aliphatic carbocycles. The third-order valence-corrected chi connectivity index (χ3v) is 3.47. The van der Waals surface area contributed by atoms with Gasteiger partial charge in [0, 0.05) is 19.1 Å². The fraction of sp³-hybridized carbons (Fsp3) is 0.0625. The monoisotopic (exact) mass is 236 g/mol. The van der Waals surface area contributed by atoms with E-state index in [-0.39, 0.29) is 2.85 Å². The Kier molecular flexibility index (Phi) is 1.92. The molecule has 0 fully saturated rings. The summed E-state index contributed by atoms with van der Waals surface area (Å²) in [5.41, 5.74) is 4.48. The minimum atomic E-state index is 0. The van der Waals surface area contributed by atoms with E-state index in [0.717, 1.165) is 23.3 Å². The zero-order valence-corrected chi connectivity index (χ0v) is 9.85. The number of para-hydroxylation sites is 1. The van der Waals surface area contributed by atoms with Gasteiger partial charge >= 0.3 is 0 Å². The smallest absolute Gasteiger partial charge is 0.139 e. The number of fused-ring (bicyclic) bond motifs is 3. The number of hydrogen-bond acceptors (Lipinski definition) is 1. The van der Waals surface area contributed by atoms with Crippen LogP contribution in [0.3, 0.4) is 0 Å². The lowest BCUT2D eigenvalue weighted by molar-refractivity contribution is 1.27. The third kappa shape index (κ3) is 1.32. The molecule has 2 heteroatoms. The Bertz CT molecular complexity index is 816. The molecular formula is C16H16N2. The lowest BCUT2D eigenvalue weighted by Gasteiger charge is -2.00. The molecule has 0 saturated heterocycles. The molecule has 2 nitrogen and oxygen atoms in total. The van der Waals surface area contributed by atoms with Gasteiger partial charge in [0.15, 0.2) is 0 Å². The van der Waals surface area contributed by atoms with Crippen LogP contribution in [0, 0.1) is 0 Å². The van der Waals surface area contributed by atoms with Crippen molar-refractivity contribution in [3.05, 3.63) is 60.3 Å². The highest BCUT2D eigenvalue weighted by Gasteiger charge is 2.08. The van der Waals surface area contributed by atoms with E-state index in [1.54, 1.807) is 0 Å². The molecule has 18 heavy (non-hydrogen) atoms. The number of nitrogens with one attached hydrogen (secondary N) is 1. The molecule has 0 atom stereocenters. The van der Waals surface area contributed by atoms with Crippen LogP contribution in [-0.4, -0.2) is 9.97 Å². The second kappa shape index (κ2) is 3.57. The molecule has 1 aromatic carbocycles. The van der Waals surface area contributed by atoms with Crippen LogP contribution >= 0.6 is 0 Å². The first-order valence-electron chi connectivity index (χ1n) is 6.15. The fourth-order valence-electron chi connectivity index (χ4n) is 2.54. The summed E-state index contributed by atoms with van der Waals surface area (Å²) in [6.07, 6.45) is 7.37. The Hall–Kier alpha value is -2.35. The standard InChI is InChI=1S/C16H12N2.2H2/c1-2-6-11(5-1)14-10-9-13-12-7-3-4-8-15(12)18-16(13)17-14;;/h1-5,7-10H,6H2,(H,17,18);2*1H. The summed E-state index contributed by atoms with van der Waals surface area (Å²) in [5.74, 6) is 0. The number of pyridine rings is 1. The molecule has 1 N–H and O–H groups in total. The van der Waals surface area contributed by atoms with E-state index in [1.165, 1.54) is 16.3 Å². The number of hydrogen-bond donors (Lipinski definition) is 1. The number of aromatic amines is 1. The number of aromatic nitrogens is 2. The maximum Gasteiger partial charge on any atom is 0.139 e. The first-order chi connectivity index (χ1) is 8.92. The van der Waals surface area contributed by atoms with E-state index in [9.17, 15) is 0 Å². The van der Waals surface area contributed by atoms with Gasteiger partial charge in [-0.2, -0.15) is 0 Å². The zero-order chi connectivity index (χ0) is 11.9. The number of allylic oxidation sites excluding steroid dienone is 4. The van der Waals surface area contributed by atoms with Crippen molar-refractivity contribution in [2.75, 3.05) is 0 Å². The molecule has 0 radical (unpaired) electrons. The van der Waals surface area contributed by atoms with Crippen molar-refractivity contribution in [2.45, 2.75) is 6.42 Å². The first kappa shape index (κ1) is 9.66. The van der Waals surface area contributed by atoms with Crippen molar-refractivity contribution >= 4 is 27.5 Å². The summed E-state index contributed by atoms with van der Waals surface area (Å²) in [4.78, 5) is 8.11. The molecular weight excluding hydrogens is 220 g/mol. The number of H-pyrrole nitrogens is 1. The molecule has 3 aromatic rings. The fourth-order valence-corrected chi connectivity index (χ4v) is 2.54. The van der Waals surface area contributed by atoms with Crippen LogP contribution in [-0.2, 0) is 0 Å². The van der Waals surface area contributed by atoms with Gasteiger partial charge in [-0.1, -0.05) is 36.4 Å². The molecule has 0 saturated carbocycles. The molecule has 0 bridgehead atoms. The molecule has 90 valence electrons. The zero-order valence-electron chi connectivity index (χ0n) is 9.85. The Morgan fingerprint density at radius 1 is 1.06 bits per heavy atom. The average molecular weight is 236 g/mol. The summed E-state index contributed by atoms with van der Waals surface area (Å²) in [7, 11) is 0. The summed E-state index contributed by atoms with van der Waals surface area (Å²) in [5, 5.41) is 2.44. The lowest BCUT2D eigenvalue weighted by atomic mass is 10.1. The van der Waals surface area contributed by atoms with Crippen LogP contribution < -0.4 is 0 Å². The molecule has 0 unspecified atom stereocenters. The van der Waals surface area contributed by atoms with Crippen LogP contribution in [0.2, 0.25) is 0 Å². The Balaban J connectivity index is 0.000000735. The predicted octanol–water partition coefficient (Wildman–Crippen LogP) is 4.55. The van der Waals surface area contributed by atoms with Gasteiger partial charge in [0.2, 0.25) is 0 Å². The maximum atomic E-state index is 4.73. The second-order valence-corrected chi connectivity index (χ2v) is 4.59. The van der Waals surface area contributed by atoms with Crippen LogP contribution in [0.5, 0.6) is 0 Å². The van der Waals surface area contributed by atoms with Gasteiger partial charge in [-0.05, 0) is 30.2 Å². The third-order valence-electron chi connectivity index (χ3n) is 3.47. The summed E-state index contributed by atoms with van der Waals surface area (Å²) < 4.78 is 0. The number of nitrogens with zero attached hydrogens (tertiary/aromatic N) is 1. The molecule has 0 amide bonds. The van der Waals surface area contributed by atoms with Crippen LogP contribution in [0.4, 0.5) is 0 Å². The van der Waals surface area contributed by atoms with Gasteiger partial charge < -0.3 is 4.98 Å². The molecule has 2 aromatic heterocycles. The molecule has 1 aliphatic rings. The lowest BCUT2D eigenvalue weighted by Crippen LogP contribution is -1.87. The second-order valence-electron chi connectivity index (χ2n) is 4.59.